The molecule has 0 bridgehead atoms. The van der Waals surface area contributed by atoms with Crippen molar-refractivity contribution in [2.24, 2.45) is 0 Å². The van der Waals surface area contributed by atoms with Crippen molar-refractivity contribution >= 4 is 11.6 Å². The van der Waals surface area contributed by atoms with Gasteiger partial charge in [0.2, 0.25) is 5.88 Å². The van der Waals surface area contributed by atoms with Gasteiger partial charge in [0, 0.05) is 26.7 Å². The van der Waals surface area contributed by atoms with Crippen LogP contribution in [0.25, 0.3) is 5.69 Å². The summed E-state index contributed by atoms with van der Waals surface area (Å²) in [5, 5.41) is 15.5. The number of aliphatic hydroxyl groups is 1. The Morgan fingerprint density at radius 2 is 1.84 bits per heavy atom. The summed E-state index contributed by atoms with van der Waals surface area (Å²) in [6, 6.07) is 17.3. The quantitative estimate of drug-likeness (QED) is 0.459. The second-order valence-electron chi connectivity index (χ2n) is 7.44. The predicted octanol–water partition coefficient (Wildman–Crippen LogP) is 4.85. The number of ether oxygens (including phenoxy) is 2. The van der Waals surface area contributed by atoms with Gasteiger partial charge in [-0.2, -0.15) is 5.10 Å². The zero-order chi connectivity index (χ0) is 22.2. The van der Waals surface area contributed by atoms with Gasteiger partial charge < -0.3 is 14.6 Å². The highest BCUT2D eigenvalue weighted by atomic mass is 35.5. The summed E-state index contributed by atoms with van der Waals surface area (Å²) in [7, 11) is 1.68. The van der Waals surface area contributed by atoms with Crippen LogP contribution < -0.4 is 4.74 Å². The van der Waals surface area contributed by atoms with Gasteiger partial charge in [0.15, 0.2) is 0 Å². The van der Waals surface area contributed by atoms with E-state index in [0.29, 0.717) is 49.3 Å². The molecule has 1 heterocycles. The van der Waals surface area contributed by atoms with Crippen molar-refractivity contribution in [3.63, 3.8) is 0 Å². The van der Waals surface area contributed by atoms with Crippen LogP contribution in [0.4, 0.5) is 0 Å². The number of benzene rings is 2. The average Bonchev–Trinajstić information content (AvgIpc) is 3.09. The summed E-state index contributed by atoms with van der Waals surface area (Å²) in [6.07, 6.45) is 0.281. The maximum atomic E-state index is 10.2. The van der Waals surface area contributed by atoms with Gasteiger partial charge in [-0.15, -0.1) is 0 Å². The molecule has 166 valence electrons. The lowest BCUT2D eigenvalue weighted by Gasteiger charge is -2.24. The van der Waals surface area contributed by atoms with E-state index in [2.05, 4.69) is 4.90 Å². The SMILES string of the molecule is CCC(O)CN(CCOC)Cc1c(C)nn(-c2ccccc2)c1Oc1ccccc1Cl. The van der Waals surface area contributed by atoms with Crippen molar-refractivity contribution in [3.05, 3.63) is 70.9 Å². The molecular weight excluding hydrogens is 414 g/mol. The van der Waals surface area contributed by atoms with Gasteiger partial charge in [0.05, 0.1) is 34.7 Å². The molecule has 0 aliphatic carbocycles. The number of aliphatic hydroxyl groups excluding tert-OH is 1. The van der Waals surface area contributed by atoms with Crippen molar-refractivity contribution in [3.8, 4) is 17.3 Å². The second-order valence-corrected chi connectivity index (χ2v) is 7.85. The Morgan fingerprint density at radius 1 is 1.13 bits per heavy atom. The van der Waals surface area contributed by atoms with Gasteiger partial charge in [-0.05, 0) is 37.6 Å². The van der Waals surface area contributed by atoms with E-state index in [1.165, 1.54) is 0 Å². The molecule has 7 heteroatoms. The highest BCUT2D eigenvalue weighted by Crippen LogP contribution is 2.34. The molecule has 0 aliphatic heterocycles. The smallest absolute Gasteiger partial charge is 0.227 e. The lowest BCUT2D eigenvalue weighted by atomic mass is 10.2. The van der Waals surface area contributed by atoms with Gasteiger partial charge in [-0.3, -0.25) is 4.90 Å². The third-order valence-corrected chi connectivity index (χ3v) is 5.43. The lowest BCUT2D eigenvalue weighted by Crippen LogP contribution is -2.34. The molecule has 1 N–H and O–H groups in total. The number of aromatic nitrogens is 2. The summed E-state index contributed by atoms with van der Waals surface area (Å²) < 4.78 is 13.4. The zero-order valence-corrected chi connectivity index (χ0v) is 19.0. The Labute approximate surface area is 189 Å². The Bertz CT molecular complexity index is 962. The number of para-hydroxylation sites is 2. The molecule has 0 aliphatic rings. The van der Waals surface area contributed by atoms with E-state index in [0.717, 1.165) is 16.9 Å². The van der Waals surface area contributed by atoms with Gasteiger partial charge in [0.25, 0.3) is 0 Å². The number of rotatable bonds is 11. The first kappa shape index (κ1) is 23.3. The highest BCUT2D eigenvalue weighted by molar-refractivity contribution is 6.32. The summed E-state index contributed by atoms with van der Waals surface area (Å²) in [5.41, 5.74) is 2.71. The first-order valence-electron chi connectivity index (χ1n) is 10.5. The van der Waals surface area contributed by atoms with Gasteiger partial charge in [0.1, 0.15) is 5.75 Å². The minimum atomic E-state index is -0.408. The minimum absolute atomic E-state index is 0.408. The van der Waals surface area contributed by atoms with Crippen molar-refractivity contribution in [1.82, 2.24) is 14.7 Å². The molecule has 0 saturated carbocycles. The van der Waals surface area contributed by atoms with Gasteiger partial charge in [-0.1, -0.05) is 48.9 Å². The summed E-state index contributed by atoms with van der Waals surface area (Å²) >= 11 is 6.38. The predicted molar refractivity (Wildman–Crippen MR) is 123 cm³/mol. The number of hydrogen-bond acceptors (Lipinski definition) is 5. The topological polar surface area (TPSA) is 59.8 Å². The van der Waals surface area contributed by atoms with Crippen LogP contribution in [-0.4, -0.2) is 52.7 Å². The standard InChI is InChI=1S/C24H30ClN3O3/c1-4-20(29)16-27(14-15-30-3)17-21-18(2)26-28(19-10-6-5-7-11-19)24(21)31-23-13-9-8-12-22(23)25/h5-13,20,29H,4,14-17H2,1-3H3. The molecule has 2 aromatic carbocycles. The Balaban J connectivity index is 2.01. The van der Waals surface area contributed by atoms with Crippen LogP contribution in [-0.2, 0) is 11.3 Å². The average molecular weight is 444 g/mol. The maximum Gasteiger partial charge on any atom is 0.227 e. The van der Waals surface area contributed by atoms with E-state index in [1.807, 2.05) is 62.4 Å². The Hall–Kier alpha value is -2.38. The van der Waals surface area contributed by atoms with E-state index >= 15 is 0 Å². The summed E-state index contributed by atoms with van der Waals surface area (Å²) in [5.74, 6) is 1.18. The van der Waals surface area contributed by atoms with Crippen LogP contribution in [0.15, 0.2) is 54.6 Å². The number of nitrogens with zero attached hydrogens (tertiary/aromatic N) is 3. The fourth-order valence-electron chi connectivity index (χ4n) is 3.31. The molecule has 1 atom stereocenters. The van der Waals surface area contributed by atoms with E-state index in [9.17, 15) is 5.11 Å². The van der Waals surface area contributed by atoms with Crippen molar-refractivity contribution in [2.75, 3.05) is 26.8 Å². The summed E-state index contributed by atoms with van der Waals surface area (Å²) in [6.45, 7) is 6.32. The van der Waals surface area contributed by atoms with Crippen LogP contribution >= 0.6 is 11.6 Å². The maximum absolute atomic E-state index is 10.2. The van der Waals surface area contributed by atoms with Crippen LogP contribution in [0.5, 0.6) is 11.6 Å². The first-order chi connectivity index (χ1) is 15.0. The molecule has 1 aromatic heterocycles. The van der Waals surface area contributed by atoms with E-state index in [-0.39, 0.29) is 0 Å². The Kier molecular flexibility index (Phi) is 8.49. The van der Waals surface area contributed by atoms with Crippen LogP contribution in [0.2, 0.25) is 5.02 Å². The molecule has 3 aromatic rings. The minimum Gasteiger partial charge on any atom is -0.437 e. The molecule has 1 unspecified atom stereocenters. The van der Waals surface area contributed by atoms with Gasteiger partial charge in [-0.25, -0.2) is 4.68 Å². The Morgan fingerprint density at radius 3 is 2.52 bits per heavy atom. The van der Waals surface area contributed by atoms with E-state index in [4.69, 9.17) is 26.2 Å². The molecule has 0 fully saturated rings. The first-order valence-corrected chi connectivity index (χ1v) is 10.9. The fraction of sp³-hybridized carbons (Fsp3) is 0.375. The van der Waals surface area contributed by atoms with E-state index in [1.54, 1.807) is 17.9 Å². The van der Waals surface area contributed by atoms with Crippen LogP contribution in [0.1, 0.15) is 24.6 Å². The third kappa shape index (κ3) is 6.08. The molecule has 0 amide bonds. The largest absolute Gasteiger partial charge is 0.437 e. The van der Waals surface area contributed by atoms with E-state index < -0.39 is 6.10 Å². The molecular formula is C24H30ClN3O3. The number of methoxy groups -OCH3 is 1. The number of aryl methyl sites for hydroxylation is 1. The molecule has 0 radical (unpaired) electrons. The van der Waals surface area contributed by atoms with Crippen LogP contribution in [0, 0.1) is 6.92 Å². The molecule has 3 rings (SSSR count). The van der Waals surface area contributed by atoms with Crippen molar-refractivity contribution in [1.29, 1.82) is 0 Å². The summed E-state index contributed by atoms with van der Waals surface area (Å²) in [4.78, 5) is 2.16. The molecule has 0 spiro atoms. The number of hydrogen-bond donors (Lipinski definition) is 1. The van der Waals surface area contributed by atoms with Crippen LogP contribution in [0.3, 0.4) is 0 Å². The molecule has 6 nitrogen and oxygen atoms in total. The fourth-order valence-corrected chi connectivity index (χ4v) is 3.48. The second kappa shape index (κ2) is 11.3. The van der Waals surface area contributed by atoms with Gasteiger partial charge >= 0.3 is 0 Å². The van der Waals surface area contributed by atoms with Crippen molar-refractivity contribution in [2.45, 2.75) is 32.9 Å². The molecule has 31 heavy (non-hydrogen) atoms. The molecule has 0 saturated heterocycles. The third-order valence-electron chi connectivity index (χ3n) is 5.11. The highest BCUT2D eigenvalue weighted by Gasteiger charge is 2.22. The van der Waals surface area contributed by atoms with Crippen molar-refractivity contribution < 1.29 is 14.6 Å². The monoisotopic (exact) mass is 443 g/mol. The number of halogens is 1. The lowest BCUT2D eigenvalue weighted by molar-refractivity contribution is 0.0825. The zero-order valence-electron chi connectivity index (χ0n) is 18.3. The normalized spacial score (nSPS) is 12.3.